The fourth-order valence-electron chi connectivity index (χ4n) is 12.6. The summed E-state index contributed by atoms with van der Waals surface area (Å²) in [5, 5.41) is 8.14. The number of nitrogens with zero attached hydrogens (tertiary/aromatic N) is 2. The highest BCUT2D eigenvalue weighted by Crippen LogP contribution is 2.44. The van der Waals surface area contributed by atoms with E-state index in [1.807, 2.05) is 0 Å². The fraction of sp³-hybridized carbons (Fsp3) is 0.438. The van der Waals surface area contributed by atoms with Gasteiger partial charge in [-0.3, -0.25) is 9.80 Å². The van der Waals surface area contributed by atoms with Gasteiger partial charge in [-0.05, 0) is 120 Å². The molecule has 6 fully saturated rings. The monoisotopic (exact) mass is 937 g/mol. The second kappa shape index (κ2) is 22.0. The van der Waals surface area contributed by atoms with Crippen molar-refractivity contribution in [1.29, 1.82) is 0 Å². The molecule has 0 aliphatic carbocycles. The molecule has 70 heavy (non-hydrogen) atoms. The van der Waals surface area contributed by atoms with Crippen molar-refractivity contribution < 1.29 is 9.47 Å². The van der Waals surface area contributed by atoms with Gasteiger partial charge in [-0.25, -0.2) is 0 Å². The molecular formula is C64H80N4O2. The number of methoxy groups -OCH3 is 2. The molecular weight excluding hydrogens is 857 g/mol. The SMILES string of the molecule is COc1ccc(C(C)(C)C)cc1CN[C@H]1C2CCN(CC2)[C@H]1C(c1ccccc1)c1ccccc1.COc1ccc(C(C)(C)C)cc1CN[C@H]1C2CCN(CC2)[C@H]1C(c1ccccc1)c1ccccc1. The molecule has 0 saturated carbocycles. The lowest BCUT2D eigenvalue weighted by molar-refractivity contribution is 0.00461. The predicted octanol–water partition coefficient (Wildman–Crippen LogP) is 12.8. The Morgan fingerprint density at radius 1 is 0.443 bits per heavy atom. The molecule has 0 radical (unpaired) electrons. The maximum Gasteiger partial charge on any atom is 0.123 e. The highest BCUT2D eigenvalue weighted by atomic mass is 16.5. The summed E-state index contributed by atoms with van der Waals surface area (Å²) in [4.78, 5) is 5.51. The van der Waals surface area contributed by atoms with Crippen LogP contribution in [0.2, 0.25) is 0 Å². The van der Waals surface area contributed by atoms with E-state index in [9.17, 15) is 0 Å². The maximum atomic E-state index is 5.78. The largest absolute Gasteiger partial charge is 0.496 e. The van der Waals surface area contributed by atoms with Crippen molar-refractivity contribution in [2.45, 2.75) is 127 Å². The smallest absolute Gasteiger partial charge is 0.123 e. The highest BCUT2D eigenvalue weighted by molar-refractivity contribution is 5.42. The summed E-state index contributed by atoms with van der Waals surface area (Å²) in [6.45, 7) is 20.1. The van der Waals surface area contributed by atoms with Crippen molar-refractivity contribution in [3.8, 4) is 11.5 Å². The first-order valence-electron chi connectivity index (χ1n) is 26.4. The van der Waals surface area contributed by atoms with E-state index < -0.39 is 0 Å². The maximum absolute atomic E-state index is 5.78. The predicted molar refractivity (Wildman–Crippen MR) is 290 cm³/mol. The number of ether oxygens (including phenoxy) is 2. The van der Waals surface area contributed by atoms with Crippen molar-refractivity contribution in [3.05, 3.63) is 202 Å². The zero-order chi connectivity index (χ0) is 48.8. The van der Waals surface area contributed by atoms with Crippen LogP contribution in [0.15, 0.2) is 158 Å². The van der Waals surface area contributed by atoms with E-state index in [0.29, 0.717) is 47.8 Å². The first kappa shape index (κ1) is 49.7. The molecule has 12 rings (SSSR count). The minimum atomic E-state index is 0.116. The Kier molecular flexibility index (Phi) is 15.7. The van der Waals surface area contributed by atoms with Crippen LogP contribution in [-0.2, 0) is 23.9 Å². The lowest BCUT2D eigenvalue weighted by Gasteiger charge is -2.54. The van der Waals surface area contributed by atoms with Crippen LogP contribution in [0.25, 0.3) is 0 Å². The minimum absolute atomic E-state index is 0.116. The van der Waals surface area contributed by atoms with Gasteiger partial charge in [0.15, 0.2) is 0 Å². The van der Waals surface area contributed by atoms with Crippen molar-refractivity contribution >= 4 is 0 Å². The second-order valence-corrected chi connectivity index (χ2v) is 22.7. The van der Waals surface area contributed by atoms with Crippen LogP contribution in [0.1, 0.15) is 124 Å². The third-order valence-electron chi connectivity index (χ3n) is 16.4. The lowest BCUT2D eigenvalue weighted by atomic mass is 9.70. The van der Waals surface area contributed by atoms with Gasteiger partial charge in [0.05, 0.1) is 14.2 Å². The van der Waals surface area contributed by atoms with Crippen LogP contribution in [0.4, 0.5) is 0 Å². The summed E-state index contributed by atoms with van der Waals surface area (Å²) in [6, 6.07) is 59.6. The summed E-state index contributed by atoms with van der Waals surface area (Å²) >= 11 is 0. The van der Waals surface area contributed by atoms with Crippen molar-refractivity contribution in [1.82, 2.24) is 20.4 Å². The summed E-state index contributed by atoms with van der Waals surface area (Å²) in [6.07, 6.45) is 5.13. The van der Waals surface area contributed by atoms with Crippen LogP contribution in [0.5, 0.6) is 11.5 Å². The van der Waals surface area contributed by atoms with Crippen molar-refractivity contribution in [3.63, 3.8) is 0 Å². The van der Waals surface area contributed by atoms with Gasteiger partial charge in [-0.1, -0.05) is 187 Å². The molecule has 0 amide bonds. The molecule has 2 N–H and O–H groups in total. The average Bonchev–Trinajstić information content (AvgIpc) is 3.39. The first-order valence-corrected chi connectivity index (χ1v) is 26.4. The minimum Gasteiger partial charge on any atom is -0.496 e. The van der Waals surface area contributed by atoms with Crippen molar-refractivity contribution in [2.75, 3.05) is 40.4 Å². The Balaban J connectivity index is 0.000000174. The molecule has 6 aliphatic rings. The molecule has 6 aromatic carbocycles. The molecule has 0 aromatic heterocycles. The molecule has 4 bridgehead atoms. The molecule has 6 heterocycles. The first-order chi connectivity index (χ1) is 33.9. The summed E-state index contributed by atoms with van der Waals surface area (Å²) < 4.78 is 11.6. The van der Waals surface area contributed by atoms with E-state index in [-0.39, 0.29) is 10.8 Å². The number of fused-ring (bicyclic) bond motifs is 6. The molecule has 0 unspecified atom stereocenters. The van der Waals surface area contributed by atoms with Crippen LogP contribution >= 0.6 is 0 Å². The number of hydrogen-bond donors (Lipinski definition) is 2. The fourth-order valence-corrected chi connectivity index (χ4v) is 12.6. The van der Waals surface area contributed by atoms with Gasteiger partial charge in [-0.2, -0.15) is 0 Å². The topological polar surface area (TPSA) is 49.0 Å². The quantitative estimate of drug-likeness (QED) is 0.113. The van der Waals surface area contributed by atoms with Gasteiger partial charge in [-0.15, -0.1) is 0 Å². The van der Waals surface area contributed by atoms with E-state index in [1.54, 1.807) is 14.2 Å². The molecule has 0 spiro atoms. The normalized spacial score (nSPS) is 24.0. The molecule has 6 aromatic rings. The van der Waals surface area contributed by atoms with Gasteiger partial charge in [0.2, 0.25) is 0 Å². The van der Waals surface area contributed by atoms with E-state index in [1.165, 1.54) is 96.4 Å². The Bertz CT molecular complexity index is 2300. The lowest BCUT2D eigenvalue weighted by Crippen LogP contribution is -2.64. The summed E-state index contributed by atoms with van der Waals surface area (Å²) in [7, 11) is 3.57. The number of hydrogen-bond acceptors (Lipinski definition) is 6. The third kappa shape index (κ3) is 11.1. The molecule has 6 heteroatoms. The van der Waals surface area contributed by atoms with Crippen LogP contribution in [-0.4, -0.2) is 74.4 Å². The van der Waals surface area contributed by atoms with Gasteiger partial charge in [0, 0.05) is 60.2 Å². The Hall–Kier alpha value is -5.24. The van der Waals surface area contributed by atoms with Gasteiger partial charge in [0.1, 0.15) is 11.5 Å². The van der Waals surface area contributed by atoms with E-state index in [0.717, 1.165) is 24.6 Å². The standard InChI is InChI=1S/2C32H40N2O/c2*1-32(2,3)27-15-16-28(35-4)26(21-27)22-33-30-25-17-19-34(20-18-25)31(30)29(23-11-7-5-8-12-23)24-13-9-6-10-14-24/h2*5-16,21,25,29-31,33H,17-20,22H2,1-4H3/t2*30-,31-/m00/s1. The van der Waals surface area contributed by atoms with E-state index in [2.05, 4.69) is 220 Å². The third-order valence-corrected chi connectivity index (χ3v) is 16.4. The molecule has 6 saturated heterocycles. The van der Waals surface area contributed by atoms with Gasteiger partial charge in [0.25, 0.3) is 0 Å². The summed E-state index contributed by atoms with van der Waals surface area (Å²) in [5.41, 5.74) is 11.1. The Labute approximate surface area is 421 Å². The molecule has 4 atom stereocenters. The number of benzene rings is 6. The molecule has 6 aliphatic heterocycles. The van der Waals surface area contributed by atoms with Crippen LogP contribution in [0, 0.1) is 11.8 Å². The number of rotatable bonds is 14. The van der Waals surface area contributed by atoms with E-state index >= 15 is 0 Å². The zero-order valence-electron chi connectivity index (χ0n) is 43.4. The van der Waals surface area contributed by atoms with Gasteiger partial charge >= 0.3 is 0 Å². The number of nitrogens with one attached hydrogen (secondary N) is 2. The Morgan fingerprint density at radius 3 is 1.01 bits per heavy atom. The van der Waals surface area contributed by atoms with Crippen LogP contribution < -0.4 is 20.1 Å². The molecule has 368 valence electrons. The zero-order valence-corrected chi connectivity index (χ0v) is 43.4. The van der Waals surface area contributed by atoms with Crippen LogP contribution in [0.3, 0.4) is 0 Å². The van der Waals surface area contributed by atoms with Crippen molar-refractivity contribution in [2.24, 2.45) is 11.8 Å². The second-order valence-electron chi connectivity index (χ2n) is 22.7. The molecule has 6 nitrogen and oxygen atoms in total. The van der Waals surface area contributed by atoms with E-state index in [4.69, 9.17) is 9.47 Å². The van der Waals surface area contributed by atoms with Gasteiger partial charge < -0.3 is 20.1 Å². The summed E-state index contributed by atoms with van der Waals surface area (Å²) in [5.74, 6) is 4.06. The number of piperidine rings is 6. The average molecular weight is 937 g/mol. The Morgan fingerprint density at radius 2 is 0.743 bits per heavy atom. The highest BCUT2D eigenvalue weighted by Gasteiger charge is 2.48.